The van der Waals surface area contributed by atoms with Gasteiger partial charge < -0.3 is 4.74 Å². The van der Waals surface area contributed by atoms with Crippen molar-refractivity contribution in [1.29, 1.82) is 0 Å². The van der Waals surface area contributed by atoms with Crippen molar-refractivity contribution in [3.05, 3.63) is 48.6 Å². The maximum atomic E-state index is 11.3. The van der Waals surface area contributed by atoms with Gasteiger partial charge in [-0.05, 0) is 5.56 Å². The van der Waals surface area contributed by atoms with Crippen molar-refractivity contribution >= 4 is 16.1 Å². The molecule has 0 spiro atoms. The number of hydrogen-bond donors (Lipinski definition) is 0. The summed E-state index contributed by atoms with van der Waals surface area (Å²) in [5.74, 6) is -1.62. The van der Waals surface area contributed by atoms with Crippen LogP contribution in [0.25, 0.3) is 0 Å². The van der Waals surface area contributed by atoms with Crippen LogP contribution in [0.1, 0.15) is 5.56 Å². The van der Waals surface area contributed by atoms with Crippen molar-refractivity contribution in [1.82, 2.24) is 0 Å². The topological polar surface area (TPSA) is 69.7 Å². The van der Waals surface area contributed by atoms with Gasteiger partial charge in [0.2, 0.25) is 5.94 Å². The van der Waals surface area contributed by atoms with Gasteiger partial charge >= 0.3 is 16.1 Å². The largest absolute Gasteiger partial charge is 0.444 e. The molecule has 0 heterocycles. The van der Waals surface area contributed by atoms with Gasteiger partial charge in [-0.2, -0.15) is 8.42 Å². The second-order valence-corrected chi connectivity index (χ2v) is 4.68. The summed E-state index contributed by atoms with van der Waals surface area (Å²) in [7, 11) is -3.88. The molecular formula is C11H12O5S. The van der Waals surface area contributed by atoms with Crippen LogP contribution in [0.5, 0.6) is 0 Å². The number of carbonyl (C=O) groups excluding carboxylic acids is 1. The zero-order valence-electron chi connectivity index (χ0n) is 9.03. The van der Waals surface area contributed by atoms with Crippen molar-refractivity contribution in [3.63, 3.8) is 0 Å². The van der Waals surface area contributed by atoms with E-state index >= 15 is 0 Å². The average Bonchev–Trinajstić information content (AvgIpc) is 2.35. The van der Waals surface area contributed by atoms with Crippen molar-refractivity contribution in [2.45, 2.75) is 6.61 Å². The summed E-state index contributed by atoms with van der Waals surface area (Å²) in [6, 6.07) is 8.80. The van der Waals surface area contributed by atoms with Crippen LogP contribution in [0.15, 0.2) is 43.0 Å². The zero-order chi connectivity index (χ0) is 12.7. The first-order chi connectivity index (χ1) is 8.03. The lowest BCUT2D eigenvalue weighted by molar-refractivity contribution is -0.135. The first kappa shape index (κ1) is 13.4. The van der Waals surface area contributed by atoms with Gasteiger partial charge in [0.25, 0.3) is 0 Å². The predicted octanol–water partition coefficient (Wildman–Crippen LogP) is 1.22. The smallest absolute Gasteiger partial charge is 0.331 e. The van der Waals surface area contributed by atoms with Gasteiger partial charge in [0.15, 0.2) is 0 Å². The fourth-order valence-corrected chi connectivity index (χ4v) is 1.60. The second-order valence-electron chi connectivity index (χ2n) is 3.09. The van der Waals surface area contributed by atoms with E-state index in [0.29, 0.717) is 5.56 Å². The highest BCUT2D eigenvalue weighted by atomic mass is 32.2. The van der Waals surface area contributed by atoms with E-state index < -0.39 is 22.0 Å². The first-order valence-corrected chi connectivity index (χ1v) is 6.31. The van der Waals surface area contributed by atoms with Gasteiger partial charge in [-0.3, -0.25) is 4.18 Å². The highest BCUT2D eigenvalue weighted by Crippen LogP contribution is 2.04. The zero-order valence-corrected chi connectivity index (χ0v) is 9.85. The van der Waals surface area contributed by atoms with Crippen LogP contribution >= 0.6 is 0 Å². The molecule has 0 aromatic heterocycles. The van der Waals surface area contributed by atoms with Crippen molar-refractivity contribution in [3.8, 4) is 0 Å². The Morgan fingerprint density at radius 1 is 1.29 bits per heavy atom. The van der Waals surface area contributed by atoms with Crippen LogP contribution in [0.4, 0.5) is 0 Å². The van der Waals surface area contributed by atoms with Gasteiger partial charge in [0.05, 0.1) is 6.61 Å². The molecule has 1 rings (SSSR count). The minimum Gasteiger partial charge on any atom is -0.444 e. The predicted molar refractivity (Wildman–Crippen MR) is 61.3 cm³/mol. The lowest BCUT2D eigenvalue weighted by atomic mass is 10.2. The quantitative estimate of drug-likeness (QED) is 0.435. The third kappa shape index (κ3) is 5.28. The maximum absolute atomic E-state index is 11.3. The fourth-order valence-electron chi connectivity index (χ4n) is 0.955. The Labute approximate surface area is 99.8 Å². The van der Waals surface area contributed by atoms with Gasteiger partial charge in [-0.15, -0.1) is 0 Å². The van der Waals surface area contributed by atoms with Crippen molar-refractivity contribution in [2.24, 2.45) is 0 Å². The first-order valence-electron chi connectivity index (χ1n) is 4.74. The SMILES string of the molecule is C=CC(=O)OCS(=O)(=O)OCc1ccccc1. The lowest BCUT2D eigenvalue weighted by Crippen LogP contribution is -2.15. The minimum atomic E-state index is -3.88. The molecule has 0 amide bonds. The van der Waals surface area contributed by atoms with Crippen LogP contribution in [0.2, 0.25) is 0 Å². The van der Waals surface area contributed by atoms with Gasteiger partial charge in [0.1, 0.15) is 0 Å². The van der Waals surface area contributed by atoms with E-state index in [2.05, 4.69) is 15.5 Å². The highest BCUT2D eigenvalue weighted by molar-refractivity contribution is 7.86. The Morgan fingerprint density at radius 3 is 2.53 bits per heavy atom. The third-order valence-corrected chi connectivity index (χ3v) is 2.64. The van der Waals surface area contributed by atoms with E-state index in [0.717, 1.165) is 6.08 Å². The van der Waals surface area contributed by atoms with Gasteiger partial charge in [-0.25, -0.2) is 4.79 Å². The number of hydrogen-bond acceptors (Lipinski definition) is 5. The second kappa shape index (κ2) is 6.17. The third-order valence-electron chi connectivity index (χ3n) is 1.76. The number of benzene rings is 1. The monoisotopic (exact) mass is 256 g/mol. The van der Waals surface area contributed by atoms with Crippen LogP contribution in [-0.4, -0.2) is 20.3 Å². The molecule has 0 radical (unpaired) electrons. The molecule has 0 aliphatic carbocycles. The van der Waals surface area contributed by atoms with Crippen LogP contribution < -0.4 is 0 Å². The summed E-state index contributed by atoms with van der Waals surface area (Å²) in [5.41, 5.74) is 0.714. The molecule has 0 N–H and O–H groups in total. The lowest BCUT2D eigenvalue weighted by Gasteiger charge is -2.05. The molecule has 0 atom stereocenters. The van der Waals surface area contributed by atoms with Gasteiger partial charge in [-0.1, -0.05) is 36.9 Å². The molecule has 1 aromatic carbocycles. The molecule has 0 fully saturated rings. The summed E-state index contributed by atoms with van der Waals surface area (Å²) in [6.07, 6.45) is 0.882. The summed E-state index contributed by atoms with van der Waals surface area (Å²) >= 11 is 0. The number of ether oxygens (including phenoxy) is 1. The maximum Gasteiger partial charge on any atom is 0.331 e. The molecule has 17 heavy (non-hydrogen) atoms. The molecule has 92 valence electrons. The Hall–Kier alpha value is -1.66. The number of esters is 1. The molecule has 0 bridgehead atoms. The molecule has 1 aromatic rings. The molecule has 0 saturated carbocycles. The van der Waals surface area contributed by atoms with Crippen LogP contribution in [0, 0.1) is 0 Å². The highest BCUT2D eigenvalue weighted by Gasteiger charge is 2.13. The fraction of sp³-hybridized carbons (Fsp3) is 0.182. The van der Waals surface area contributed by atoms with E-state index in [1.165, 1.54) is 0 Å². The minimum absolute atomic E-state index is 0.0885. The molecule has 0 aliphatic heterocycles. The normalized spacial score (nSPS) is 10.8. The van der Waals surface area contributed by atoms with Crippen LogP contribution in [0.3, 0.4) is 0 Å². The summed E-state index contributed by atoms with van der Waals surface area (Å²) in [6.45, 7) is 3.06. The van der Waals surface area contributed by atoms with E-state index in [4.69, 9.17) is 0 Å². The van der Waals surface area contributed by atoms with Crippen molar-refractivity contribution in [2.75, 3.05) is 5.94 Å². The molecule has 0 saturated heterocycles. The van der Waals surface area contributed by atoms with E-state index in [1.54, 1.807) is 24.3 Å². The van der Waals surface area contributed by atoms with Gasteiger partial charge in [0, 0.05) is 6.08 Å². The van der Waals surface area contributed by atoms with E-state index in [1.807, 2.05) is 6.07 Å². The Kier molecular flexibility index (Phi) is 4.86. The van der Waals surface area contributed by atoms with E-state index in [-0.39, 0.29) is 6.61 Å². The summed E-state index contributed by atoms with van der Waals surface area (Å²) in [4.78, 5) is 10.7. The van der Waals surface area contributed by atoms with E-state index in [9.17, 15) is 13.2 Å². The molecule has 0 unspecified atom stereocenters. The standard InChI is InChI=1S/C11H12O5S/c1-2-11(12)15-9-17(13,14)16-8-10-6-4-3-5-7-10/h2-7H,1,8-9H2. The Bertz CT molecular complexity index is 478. The molecule has 6 heteroatoms. The molecule has 0 aliphatic rings. The Balaban J connectivity index is 2.45. The van der Waals surface area contributed by atoms with Crippen molar-refractivity contribution < 1.29 is 22.1 Å². The number of rotatable bonds is 6. The molecule has 5 nitrogen and oxygen atoms in total. The Morgan fingerprint density at radius 2 is 1.94 bits per heavy atom. The summed E-state index contributed by atoms with van der Waals surface area (Å²) < 4.78 is 31.6. The average molecular weight is 256 g/mol. The van der Waals surface area contributed by atoms with Crippen LogP contribution in [-0.2, 0) is 30.4 Å². The summed E-state index contributed by atoms with van der Waals surface area (Å²) in [5, 5.41) is 0. The molecular weight excluding hydrogens is 244 g/mol. The number of carbonyl (C=O) groups is 1.